The van der Waals surface area contributed by atoms with Gasteiger partial charge >= 0.3 is 0 Å². The molecule has 7 heteroatoms. The Balaban J connectivity index is 1.48. The molecular weight excluding hydrogens is 375 g/mol. The molecule has 0 unspecified atom stereocenters. The fourth-order valence-corrected chi connectivity index (χ4v) is 5.61. The van der Waals surface area contributed by atoms with Crippen molar-refractivity contribution in [2.45, 2.75) is 25.0 Å². The number of piperidine rings is 1. The molecule has 1 spiro atoms. The van der Waals surface area contributed by atoms with Gasteiger partial charge in [-0.2, -0.15) is 0 Å². The highest BCUT2D eigenvalue weighted by Crippen LogP contribution is 2.43. The molecule has 1 amide bonds. The van der Waals surface area contributed by atoms with Crippen LogP contribution < -0.4 is 14.5 Å². The number of carbonyl (C=O) groups excluding carboxylic acids is 1. The molecule has 146 valence electrons. The van der Waals surface area contributed by atoms with E-state index in [9.17, 15) is 9.18 Å². The van der Waals surface area contributed by atoms with E-state index in [1.807, 2.05) is 0 Å². The Hall–Kier alpha value is -2.28. The number of aromatic nitrogens is 1. The number of rotatable bonds is 2. The highest BCUT2D eigenvalue weighted by atomic mass is 32.2. The Labute approximate surface area is 168 Å². The monoisotopic (exact) mass is 398 g/mol. The Morgan fingerprint density at radius 3 is 2.79 bits per heavy atom. The van der Waals surface area contributed by atoms with E-state index in [1.54, 1.807) is 18.1 Å². The van der Waals surface area contributed by atoms with Crippen LogP contribution in [0.25, 0.3) is 11.1 Å². The average Bonchev–Trinajstić information content (AvgIpc) is 3.25. The van der Waals surface area contributed by atoms with Gasteiger partial charge in [0.25, 0.3) is 0 Å². The number of fused-ring (bicyclic) bond motifs is 1. The minimum Gasteiger partial charge on any atom is -0.369 e. The molecule has 2 fully saturated rings. The van der Waals surface area contributed by atoms with Crippen molar-refractivity contribution < 1.29 is 9.18 Å². The number of halogens is 1. The maximum atomic E-state index is 14.9. The van der Waals surface area contributed by atoms with Crippen LogP contribution in [0.2, 0.25) is 0 Å². The third-order valence-electron chi connectivity index (χ3n) is 6.42. The van der Waals surface area contributed by atoms with E-state index in [1.165, 1.54) is 17.4 Å². The standard InChI is InChI=1S/C21H23FN4OS/c1-25-18-3-2-14(10-15(18)13-28-25)16-11-23-12-17(22)19(16)26-8-5-21(6-9-26)4-7-24-20(21)27/h2-3,10-12H,4-9,13H2,1H3,(H,24,27). The topological polar surface area (TPSA) is 48.5 Å². The number of hydrogen-bond acceptors (Lipinski definition) is 5. The van der Waals surface area contributed by atoms with E-state index < -0.39 is 0 Å². The molecule has 3 aliphatic heterocycles. The number of hydrogen-bond donors (Lipinski definition) is 1. The van der Waals surface area contributed by atoms with Gasteiger partial charge in [0.1, 0.15) is 0 Å². The summed E-state index contributed by atoms with van der Waals surface area (Å²) in [6.45, 7) is 2.13. The van der Waals surface area contributed by atoms with E-state index in [2.05, 4.69) is 44.8 Å². The SMILES string of the molecule is CN1SCc2cc(-c3cncc(F)c3N3CCC4(CCNC4=O)CC3)ccc21. The highest BCUT2D eigenvalue weighted by Gasteiger charge is 2.44. The van der Waals surface area contributed by atoms with Gasteiger partial charge in [-0.15, -0.1) is 0 Å². The van der Waals surface area contributed by atoms with Gasteiger partial charge in [-0.3, -0.25) is 9.78 Å². The van der Waals surface area contributed by atoms with E-state index in [0.717, 1.165) is 42.7 Å². The number of benzene rings is 1. The van der Waals surface area contributed by atoms with Gasteiger partial charge in [0.15, 0.2) is 5.82 Å². The van der Waals surface area contributed by atoms with Crippen LogP contribution in [-0.2, 0) is 10.5 Å². The van der Waals surface area contributed by atoms with E-state index in [0.29, 0.717) is 18.8 Å². The van der Waals surface area contributed by atoms with Crippen LogP contribution >= 0.6 is 11.9 Å². The molecule has 2 saturated heterocycles. The van der Waals surface area contributed by atoms with Crippen molar-refractivity contribution in [2.24, 2.45) is 5.41 Å². The summed E-state index contributed by atoms with van der Waals surface area (Å²) in [6, 6.07) is 6.31. The lowest BCUT2D eigenvalue weighted by Gasteiger charge is -2.39. The number of pyridine rings is 1. The fraction of sp³-hybridized carbons (Fsp3) is 0.429. The second-order valence-electron chi connectivity index (χ2n) is 7.91. The lowest BCUT2D eigenvalue weighted by Crippen LogP contribution is -2.44. The molecule has 4 heterocycles. The summed E-state index contributed by atoms with van der Waals surface area (Å²) in [7, 11) is 2.06. The molecular formula is C21H23FN4OS. The highest BCUT2D eigenvalue weighted by molar-refractivity contribution is 8.00. The summed E-state index contributed by atoms with van der Waals surface area (Å²) < 4.78 is 17.1. The molecule has 1 aromatic heterocycles. The Morgan fingerprint density at radius 1 is 1.21 bits per heavy atom. The van der Waals surface area contributed by atoms with Crippen molar-refractivity contribution in [3.63, 3.8) is 0 Å². The van der Waals surface area contributed by atoms with Crippen LogP contribution in [0.4, 0.5) is 15.8 Å². The Morgan fingerprint density at radius 2 is 2.04 bits per heavy atom. The normalized spacial score (nSPS) is 20.6. The number of anilines is 2. The van der Waals surface area contributed by atoms with Gasteiger partial charge in [-0.1, -0.05) is 6.07 Å². The second-order valence-corrected chi connectivity index (χ2v) is 9.00. The third-order valence-corrected chi connectivity index (χ3v) is 7.45. The van der Waals surface area contributed by atoms with Gasteiger partial charge in [0.05, 0.1) is 23.0 Å². The van der Waals surface area contributed by atoms with Crippen LogP contribution in [0.1, 0.15) is 24.8 Å². The first-order valence-electron chi connectivity index (χ1n) is 9.74. The molecule has 28 heavy (non-hydrogen) atoms. The molecule has 0 radical (unpaired) electrons. The van der Waals surface area contributed by atoms with Gasteiger partial charge in [0, 0.05) is 44.2 Å². The van der Waals surface area contributed by atoms with Crippen LogP contribution in [0, 0.1) is 11.2 Å². The maximum Gasteiger partial charge on any atom is 0.226 e. The minimum absolute atomic E-state index is 0.169. The van der Waals surface area contributed by atoms with Gasteiger partial charge in [0.2, 0.25) is 5.91 Å². The Bertz CT molecular complexity index is 942. The minimum atomic E-state index is -0.295. The van der Waals surface area contributed by atoms with Crippen molar-refractivity contribution in [3.8, 4) is 11.1 Å². The number of nitrogens with zero attached hydrogens (tertiary/aromatic N) is 3. The molecule has 3 aliphatic rings. The predicted octanol–water partition coefficient (Wildman–Crippen LogP) is 3.59. The second kappa shape index (κ2) is 6.65. The van der Waals surface area contributed by atoms with Crippen LogP contribution in [0.15, 0.2) is 30.6 Å². The lowest BCUT2D eigenvalue weighted by atomic mass is 9.77. The summed E-state index contributed by atoms with van der Waals surface area (Å²) >= 11 is 1.77. The molecule has 2 aromatic rings. The van der Waals surface area contributed by atoms with Crippen molar-refractivity contribution in [1.29, 1.82) is 0 Å². The van der Waals surface area contributed by atoms with E-state index in [-0.39, 0.29) is 17.1 Å². The van der Waals surface area contributed by atoms with Crippen LogP contribution in [-0.4, -0.2) is 37.6 Å². The molecule has 5 rings (SSSR count). The molecule has 0 bridgehead atoms. The summed E-state index contributed by atoms with van der Waals surface area (Å²) in [6.07, 6.45) is 5.49. The molecule has 0 aliphatic carbocycles. The molecule has 0 atom stereocenters. The Kier molecular flexibility index (Phi) is 4.23. The summed E-state index contributed by atoms with van der Waals surface area (Å²) in [4.78, 5) is 18.5. The summed E-state index contributed by atoms with van der Waals surface area (Å²) in [5, 5.41) is 2.96. The lowest BCUT2D eigenvalue weighted by molar-refractivity contribution is -0.128. The first-order valence-corrected chi connectivity index (χ1v) is 10.7. The zero-order valence-corrected chi connectivity index (χ0v) is 16.7. The van der Waals surface area contributed by atoms with Gasteiger partial charge in [-0.25, -0.2) is 4.39 Å². The van der Waals surface area contributed by atoms with Gasteiger partial charge in [-0.05, 0) is 54.5 Å². The van der Waals surface area contributed by atoms with Crippen molar-refractivity contribution in [1.82, 2.24) is 10.3 Å². The van der Waals surface area contributed by atoms with Crippen molar-refractivity contribution in [2.75, 3.05) is 35.9 Å². The van der Waals surface area contributed by atoms with E-state index in [4.69, 9.17) is 0 Å². The molecule has 1 N–H and O–H groups in total. The quantitative estimate of drug-likeness (QED) is 0.784. The smallest absolute Gasteiger partial charge is 0.226 e. The molecule has 5 nitrogen and oxygen atoms in total. The molecule has 1 aromatic carbocycles. The van der Waals surface area contributed by atoms with Crippen LogP contribution in [0.5, 0.6) is 0 Å². The number of carbonyl (C=O) groups is 1. The zero-order valence-electron chi connectivity index (χ0n) is 15.9. The van der Waals surface area contributed by atoms with Crippen molar-refractivity contribution in [3.05, 3.63) is 42.0 Å². The largest absolute Gasteiger partial charge is 0.369 e. The van der Waals surface area contributed by atoms with Crippen LogP contribution in [0.3, 0.4) is 0 Å². The first-order chi connectivity index (χ1) is 13.6. The van der Waals surface area contributed by atoms with E-state index >= 15 is 0 Å². The maximum absolute atomic E-state index is 14.9. The summed E-state index contributed by atoms with van der Waals surface area (Å²) in [5.74, 6) is 0.804. The fourth-order valence-electron chi connectivity index (χ4n) is 4.72. The molecule has 0 saturated carbocycles. The van der Waals surface area contributed by atoms with Crippen molar-refractivity contribution >= 4 is 29.2 Å². The zero-order chi connectivity index (χ0) is 19.3. The predicted molar refractivity (Wildman–Crippen MR) is 111 cm³/mol. The summed E-state index contributed by atoms with van der Waals surface area (Å²) in [5.41, 5.74) is 4.66. The number of nitrogens with one attached hydrogen (secondary N) is 1. The third kappa shape index (κ3) is 2.75. The average molecular weight is 399 g/mol. The van der Waals surface area contributed by atoms with Gasteiger partial charge < -0.3 is 14.5 Å². The first kappa shape index (κ1) is 17.8. The number of amides is 1.